The Morgan fingerprint density at radius 1 is 1.21 bits per heavy atom. The van der Waals surface area contributed by atoms with Crippen LogP contribution in [-0.2, 0) is 0 Å². The molecule has 1 fully saturated rings. The Hall–Kier alpha value is -1.79. The SMILES string of the molecule is CCNC(=NCCCN1CCCCC1C)NCCNC(=O)c1ccccc1Cl. The van der Waals surface area contributed by atoms with E-state index in [9.17, 15) is 4.79 Å². The number of piperidine rings is 1. The van der Waals surface area contributed by atoms with E-state index in [2.05, 4.69) is 32.8 Å². The largest absolute Gasteiger partial charge is 0.357 e. The number of guanidine groups is 1. The highest BCUT2D eigenvalue weighted by Gasteiger charge is 2.17. The molecule has 1 heterocycles. The molecule has 1 aliphatic heterocycles. The third kappa shape index (κ3) is 7.68. The molecule has 156 valence electrons. The van der Waals surface area contributed by atoms with Gasteiger partial charge in [0.1, 0.15) is 0 Å². The monoisotopic (exact) mass is 407 g/mol. The predicted molar refractivity (Wildman–Crippen MR) is 117 cm³/mol. The van der Waals surface area contributed by atoms with E-state index in [1.807, 2.05) is 13.0 Å². The maximum absolute atomic E-state index is 12.1. The summed E-state index contributed by atoms with van der Waals surface area (Å²) in [5, 5.41) is 9.86. The summed E-state index contributed by atoms with van der Waals surface area (Å²) in [7, 11) is 0. The molecule has 1 aliphatic rings. The van der Waals surface area contributed by atoms with Crippen LogP contribution in [0.1, 0.15) is 49.9 Å². The van der Waals surface area contributed by atoms with E-state index in [1.54, 1.807) is 18.2 Å². The standard InChI is InChI=1S/C21H34ClN5O/c1-3-23-21(25-12-8-16-27-15-7-6-9-17(27)2)26-14-13-24-20(28)18-10-4-5-11-19(18)22/h4-5,10-11,17H,3,6-9,12-16H2,1-2H3,(H,24,28)(H2,23,25,26). The maximum atomic E-state index is 12.1. The number of carbonyl (C=O) groups excluding carboxylic acids is 1. The number of nitrogens with zero attached hydrogens (tertiary/aromatic N) is 2. The molecular formula is C21H34ClN5O. The molecule has 1 saturated heterocycles. The van der Waals surface area contributed by atoms with Gasteiger partial charge < -0.3 is 20.9 Å². The lowest BCUT2D eigenvalue weighted by atomic mass is 10.0. The van der Waals surface area contributed by atoms with E-state index in [0.29, 0.717) is 29.7 Å². The number of nitrogens with one attached hydrogen (secondary N) is 3. The number of carbonyl (C=O) groups is 1. The van der Waals surface area contributed by atoms with Crippen molar-refractivity contribution in [3.05, 3.63) is 34.9 Å². The van der Waals surface area contributed by atoms with Gasteiger partial charge in [-0.05, 0) is 51.8 Å². The summed E-state index contributed by atoms with van der Waals surface area (Å²) < 4.78 is 0. The first kappa shape index (κ1) is 22.5. The molecule has 3 N–H and O–H groups in total. The third-order valence-corrected chi connectivity index (χ3v) is 5.31. The molecule has 6 nitrogen and oxygen atoms in total. The normalized spacial score (nSPS) is 18.0. The number of aliphatic imine (C=N–C) groups is 1. The van der Waals surface area contributed by atoms with Crippen molar-refractivity contribution in [3.8, 4) is 0 Å². The van der Waals surface area contributed by atoms with Crippen molar-refractivity contribution in [2.45, 2.75) is 45.6 Å². The van der Waals surface area contributed by atoms with Gasteiger partial charge in [-0.3, -0.25) is 9.79 Å². The van der Waals surface area contributed by atoms with Gasteiger partial charge in [-0.1, -0.05) is 30.2 Å². The highest BCUT2D eigenvalue weighted by atomic mass is 35.5. The zero-order chi connectivity index (χ0) is 20.2. The molecule has 0 aromatic heterocycles. The van der Waals surface area contributed by atoms with E-state index in [-0.39, 0.29) is 5.91 Å². The molecule has 2 rings (SSSR count). The lowest BCUT2D eigenvalue weighted by Gasteiger charge is -2.33. The number of hydrogen-bond donors (Lipinski definition) is 3. The van der Waals surface area contributed by atoms with Gasteiger partial charge in [0.15, 0.2) is 5.96 Å². The van der Waals surface area contributed by atoms with Crippen LogP contribution in [0.4, 0.5) is 0 Å². The molecule has 28 heavy (non-hydrogen) atoms. The van der Waals surface area contributed by atoms with Crippen molar-refractivity contribution in [2.75, 3.05) is 39.3 Å². The van der Waals surface area contributed by atoms with Crippen LogP contribution in [-0.4, -0.2) is 62.1 Å². The first-order valence-electron chi connectivity index (χ1n) is 10.4. The van der Waals surface area contributed by atoms with Crippen molar-refractivity contribution in [2.24, 2.45) is 4.99 Å². The fourth-order valence-electron chi connectivity index (χ4n) is 3.39. The zero-order valence-electron chi connectivity index (χ0n) is 17.1. The molecule has 1 unspecified atom stereocenters. The lowest BCUT2D eigenvalue weighted by molar-refractivity contribution is 0.0954. The van der Waals surface area contributed by atoms with Gasteiger partial charge in [0.2, 0.25) is 0 Å². The lowest BCUT2D eigenvalue weighted by Crippen LogP contribution is -2.42. The average Bonchev–Trinajstić information content (AvgIpc) is 2.69. The first-order chi connectivity index (χ1) is 13.6. The number of halogens is 1. The summed E-state index contributed by atoms with van der Waals surface area (Å²) in [4.78, 5) is 19.4. The average molecular weight is 408 g/mol. The van der Waals surface area contributed by atoms with E-state index < -0.39 is 0 Å². The number of rotatable bonds is 9. The Morgan fingerprint density at radius 2 is 2.00 bits per heavy atom. The third-order valence-electron chi connectivity index (χ3n) is 4.98. The Balaban J connectivity index is 1.67. The molecule has 1 atom stereocenters. The van der Waals surface area contributed by atoms with Gasteiger partial charge in [-0.15, -0.1) is 0 Å². The Bertz CT molecular complexity index is 637. The second-order valence-electron chi connectivity index (χ2n) is 7.16. The second kappa shape index (κ2) is 12.6. The number of amides is 1. The Labute approximate surface area is 174 Å². The topological polar surface area (TPSA) is 68.8 Å². The van der Waals surface area contributed by atoms with Crippen LogP contribution in [0.25, 0.3) is 0 Å². The van der Waals surface area contributed by atoms with Crippen LogP contribution < -0.4 is 16.0 Å². The second-order valence-corrected chi connectivity index (χ2v) is 7.56. The van der Waals surface area contributed by atoms with Gasteiger partial charge in [-0.25, -0.2) is 0 Å². The predicted octanol–water partition coefficient (Wildman–Crippen LogP) is 2.89. The van der Waals surface area contributed by atoms with Crippen LogP contribution >= 0.6 is 11.6 Å². The quantitative estimate of drug-likeness (QED) is 0.334. The number of likely N-dealkylation sites (tertiary alicyclic amines) is 1. The number of hydrogen-bond acceptors (Lipinski definition) is 3. The molecule has 1 aromatic rings. The highest BCUT2D eigenvalue weighted by Crippen LogP contribution is 2.16. The van der Waals surface area contributed by atoms with Crippen LogP contribution in [0.2, 0.25) is 5.02 Å². The summed E-state index contributed by atoms with van der Waals surface area (Å²) in [5.41, 5.74) is 0.497. The summed E-state index contributed by atoms with van der Waals surface area (Å²) >= 11 is 6.05. The summed E-state index contributed by atoms with van der Waals surface area (Å²) in [6, 6.07) is 7.76. The van der Waals surface area contributed by atoms with Gasteiger partial charge in [-0.2, -0.15) is 0 Å². The molecule has 1 amide bonds. The van der Waals surface area contributed by atoms with E-state index in [4.69, 9.17) is 11.6 Å². The Morgan fingerprint density at radius 3 is 2.75 bits per heavy atom. The summed E-state index contributed by atoms with van der Waals surface area (Å²) in [5.74, 6) is 0.631. The maximum Gasteiger partial charge on any atom is 0.252 e. The van der Waals surface area contributed by atoms with E-state index >= 15 is 0 Å². The molecule has 0 spiro atoms. The van der Waals surface area contributed by atoms with Crippen molar-refractivity contribution < 1.29 is 4.79 Å². The molecule has 7 heteroatoms. The van der Waals surface area contributed by atoms with Crippen LogP contribution in [0.15, 0.2) is 29.3 Å². The van der Waals surface area contributed by atoms with Crippen LogP contribution in [0.3, 0.4) is 0 Å². The first-order valence-corrected chi connectivity index (χ1v) is 10.8. The van der Waals surface area contributed by atoms with Gasteiger partial charge >= 0.3 is 0 Å². The minimum atomic E-state index is -0.162. The molecule has 0 radical (unpaired) electrons. The van der Waals surface area contributed by atoms with Gasteiger partial charge in [0.05, 0.1) is 10.6 Å². The fourth-order valence-corrected chi connectivity index (χ4v) is 3.62. The van der Waals surface area contributed by atoms with E-state index in [1.165, 1.54) is 25.8 Å². The summed E-state index contributed by atoms with van der Waals surface area (Å²) in [6.07, 6.45) is 5.05. The minimum absolute atomic E-state index is 0.162. The molecule has 0 aliphatic carbocycles. The highest BCUT2D eigenvalue weighted by molar-refractivity contribution is 6.33. The van der Waals surface area contributed by atoms with Crippen LogP contribution in [0.5, 0.6) is 0 Å². The van der Waals surface area contributed by atoms with Crippen molar-refractivity contribution in [1.82, 2.24) is 20.9 Å². The van der Waals surface area contributed by atoms with Crippen molar-refractivity contribution in [3.63, 3.8) is 0 Å². The zero-order valence-corrected chi connectivity index (χ0v) is 17.9. The molecule has 0 bridgehead atoms. The Kier molecular flexibility index (Phi) is 10.1. The molecule has 1 aromatic carbocycles. The van der Waals surface area contributed by atoms with Crippen LogP contribution in [0, 0.1) is 0 Å². The van der Waals surface area contributed by atoms with Crippen molar-refractivity contribution in [1.29, 1.82) is 0 Å². The van der Waals surface area contributed by atoms with Gasteiger partial charge in [0, 0.05) is 38.8 Å². The van der Waals surface area contributed by atoms with E-state index in [0.717, 1.165) is 32.0 Å². The van der Waals surface area contributed by atoms with Gasteiger partial charge in [0.25, 0.3) is 5.91 Å². The minimum Gasteiger partial charge on any atom is -0.357 e. The molecular weight excluding hydrogens is 374 g/mol. The smallest absolute Gasteiger partial charge is 0.252 e. The van der Waals surface area contributed by atoms with Crippen molar-refractivity contribution >= 4 is 23.5 Å². The molecule has 0 saturated carbocycles. The number of benzene rings is 1. The summed E-state index contributed by atoms with van der Waals surface area (Å²) in [6.45, 7) is 9.40. The fraction of sp³-hybridized carbons (Fsp3) is 0.619.